The summed E-state index contributed by atoms with van der Waals surface area (Å²) in [6.45, 7) is 2.01. The molecular weight excluding hydrogens is 258 g/mol. The number of halogens is 1. The van der Waals surface area contributed by atoms with Crippen LogP contribution in [0.4, 0.5) is 0 Å². The zero-order chi connectivity index (χ0) is 13.8. The number of carbonyl (C=O) groups is 1. The molecule has 0 saturated carbocycles. The first-order valence-electron chi connectivity index (χ1n) is 6.17. The van der Waals surface area contributed by atoms with E-state index < -0.39 is 0 Å². The highest BCUT2D eigenvalue weighted by Crippen LogP contribution is 2.21. The molecule has 0 N–H and O–H groups in total. The van der Waals surface area contributed by atoms with E-state index in [-0.39, 0.29) is 11.9 Å². The van der Waals surface area contributed by atoms with Crippen LogP contribution in [0.5, 0.6) is 0 Å². The quantitative estimate of drug-likeness (QED) is 0.822. The summed E-state index contributed by atoms with van der Waals surface area (Å²) in [4.78, 5) is 14.1. The lowest BCUT2D eigenvalue weighted by Gasteiger charge is -2.25. The molecule has 2 aromatic rings. The Bertz CT molecular complexity index is 568. The van der Waals surface area contributed by atoms with Crippen molar-refractivity contribution < 1.29 is 4.79 Å². The van der Waals surface area contributed by atoms with Gasteiger partial charge < -0.3 is 4.90 Å². The maximum absolute atomic E-state index is 12.4. The van der Waals surface area contributed by atoms with Crippen LogP contribution in [0, 0.1) is 0 Å². The van der Waals surface area contributed by atoms with E-state index in [1.165, 1.54) is 0 Å². The Hall–Kier alpha value is -1.80. The van der Waals surface area contributed by atoms with Crippen molar-refractivity contribution in [3.63, 3.8) is 0 Å². The van der Waals surface area contributed by atoms with E-state index in [2.05, 4.69) is 0 Å². The molecule has 2 aromatic carbocycles. The van der Waals surface area contributed by atoms with Crippen LogP contribution in [-0.2, 0) is 0 Å². The van der Waals surface area contributed by atoms with Crippen LogP contribution < -0.4 is 0 Å². The van der Waals surface area contributed by atoms with E-state index in [1.807, 2.05) is 37.3 Å². The van der Waals surface area contributed by atoms with Crippen LogP contribution in [0.3, 0.4) is 0 Å². The van der Waals surface area contributed by atoms with Gasteiger partial charge in [-0.1, -0.05) is 48.0 Å². The molecule has 0 aliphatic rings. The largest absolute Gasteiger partial charge is 0.335 e. The Kier molecular flexibility index (Phi) is 4.23. The summed E-state index contributed by atoms with van der Waals surface area (Å²) >= 11 is 5.92. The van der Waals surface area contributed by atoms with Gasteiger partial charge in [-0.25, -0.2) is 0 Å². The third-order valence-electron chi connectivity index (χ3n) is 3.25. The summed E-state index contributed by atoms with van der Waals surface area (Å²) in [5, 5.41) is 0.576. The summed E-state index contributed by atoms with van der Waals surface area (Å²) < 4.78 is 0. The maximum Gasteiger partial charge on any atom is 0.254 e. The molecule has 1 amide bonds. The summed E-state index contributed by atoms with van der Waals surface area (Å²) in [5.74, 6) is -0.0288. The topological polar surface area (TPSA) is 20.3 Å². The van der Waals surface area contributed by atoms with Gasteiger partial charge in [0.15, 0.2) is 0 Å². The Morgan fingerprint density at radius 2 is 1.79 bits per heavy atom. The highest BCUT2D eigenvalue weighted by Gasteiger charge is 2.18. The number of carbonyl (C=O) groups excluding carboxylic acids is 1. The lowest BCUT2D eigenvalue weighted by atomic mass is 10.1. The standard InChI is InChI=1S/C16H16ClNO/c1-12(13-7-4-3-5-8-13)18(2)16(19)14-9-6-10-15(17)11-14/h3-12H,1-2H3. The van der Waals surface area contributed by atoms with E-state index in [0.717, 1.165) is 5.56 Å². The van der Waals surface area contributed by atoms with E-state index in [9.17, 15) is 4.79 Å². The van der Waals surface area contributed by atoms with Gasteiger partial charge in [0.05, 0.1) is 6.04 Å². The fourth-order valence-corrected chi connectivity index (χ4v) is 2.15. The van der Waals surface area contributed by atoms with Gasteiger partial charge >= 0.3 is 0 Å². The average Bonchev–Trinajstić information content (AvgIpc) is 2.46. The zero-order valence-corrected chi connectivity index (χ0v) is 11.8. The predicted octanol–water partition coefficient (Wildman–Crippen LogP) is 4.17. The van der Waals surface area contributed by atoms with Crippen LogP contribution in [0.25, 0.3) is 0 Å². The van der Waals surface area contributed by atoms with Crippen molar-refractivity contribution in [3.8, 4) is 0 Å². The summed E-state index contributed by atoms with van der Waals surface area (Å²) in [5.41, 5.74) is 1.72. The second-order valence-corrected chi connectivity index (χ2v) is 4.95. The van der Waals surface area contributed by atoms with Gasteiger partial charge in [-0.05, 0) is 30.7 Å². The summed E-state index contributed by atoms with van der Waals surface area (Å²) in [6.07, 6.45) is 0. The number of nitrogens with zero attached hydrogens (tertiary/aromatic N) is 1. The molecule has 0 bridgehead atoms. The summed E-state index contributed by atoms with van der Waals surface area (Å²) in [6, 6.07) is 17.0. The fraction of sp³-hybridized carbons (Fsp3) is 0.188. The number of hydrogen-bond donors (Lipinski definition) is 0. The Balaban J connectivity index is 2.20. The van der Waals surface area contributed by atoms with Gasteiger partial charge in [0, 0.05) is 17.6 Å². The highest BCUT2D eigenvalue weighted by atomic mass is 35.5. The average molecular weight is 274 g/mol. The molecule has 0 spiro atoms. The van der Waals surface area contributed by atoms with Crippen LogP contribution >= 0.6 is 11.6 Å². The normalized spacial score (nSPS) is 11.9. The second-order valence-electron chi connectivity index (χ2n) is 4.51. The number of hydrogen-bond acceptors (Lipinski definition) is 1. The smallest absolute Gasteiger partial charge is 0.254 e. The Morgan fingerprint density at radius 1 is 1.11 bits per heavy atom. The van der Waals surface area contributed by atoms with Crippen LogP contribution in [0.1, 0.15) is 28.9 Å². The minimum Gasteiger partial charge on any atom is -0.335 e. The van der Waals surface area contributed by atoms with E-state index in [4.69, 9.17) is 11.6 Å². The molecule has 1 atom stereocenters. The van der Waals surface area contributed by atoms with E-state index in [1.54, 1.807) is 36.2 Å². The predicted molar refractivity (Wildman–Crippen MR) is 78.4 cm³/mol. The maximum atomic E-state index is 12.4. The molecule has 0 saturated heterocycles. The van der Waals surface area contributed by atoms with Crippen molar-refractivity contribution in [3.05, 3.63) is 70.7 Å². The molecule has 1 unspecified atom stereocenters. The molecule has 19 heavy (non-hydrogen) atoms. The molecule has 0 heterocycles. The van der Waals surface area contributed by atoms with Gasteiger partial charge in [-0.2, -0.15) is 0 Å². The molecule has 0 aromatic heterocycles. The lowest BCUT2D eigenvalue weighted by Crippen LogP contribution is -2.29. The lowest BCUT2D eigenvalue weighted by molar-refractivity contribution is 0.0742. The third-order valence-corrected chi connectivity index (χ3v) is 3.49. The molecule has 2 rings (SSSR count). The van der Waals surface area contributed by atoms with Crippen LogP contribution in [0.2, 0.25) is 5.02 Å². The molecule has 2 nitrogen and oxygen atoms in total. The van der Waals surface area contributed by atoms with Gasteiger partial charge in [0.1, 0.15) is 0 Å². The Labute approximate surface area is 118 Å². The SMILES string of the molecule is CC(c1ccccc1)N(C)C(=O)c1cccc(Cl)c1. The Morgan fingerprint density at radius 3 is 2.42 bits per heavy atom. The van der Waals surface area contributed by atoms with Crippen molar-refractivity contribution in [2.75, 3.05) is 7.05 Å². The molecule has 0 radical (unpaired) electrons. The molecule has 3 heteroatoms. The fourth-order valence-electron chi connectivity index (χ4n) is 1.96. The number of rotatable bonds is 3. The first-order chi connectivity index (χ1) is 9.09. The molecule has 0 aliphatic heterocycles. The van der Waals surface area contributed by atoms with Gasteiger partial charge in [0.2, 0.25) is 0 Å². The number of benzene rings is 2. The van der Waals surface area contributed by atoms with Gasteiger partial charge in [-0.15, -0.1) is 0 Å². The van der Waals surface area contributed by atoms with Crippen LogP contribution in [-0.4, -0.2) is 17.9 Å². The van der Waals surface area contributed by atoms with Crippen molar-refractivity contribution in [1.29, 1.82) is 0 Å². The minimum absolute atomic E-state index is 0.0210. The van der Waals surface area contributed by atoms with E-state index in [0.29, 0.717) is 10.6 Å². The molecular formula is C16H16ClNO. The minimum atomic E-state index is -0.0288. The first kappa shape index (κ1) is 13.6. The van der Waals surface area contributed by atoms with Gasteiger partial charge in [0.25, 0.3) is 5.91 Å². The van der Waals surface area contributed by atoms with E-state index >= 15 is 0 Å². The molecule has 0 fully saturated rings. The van der Waals surface area contributed by atoms with Gasteiger partial charge in [-0.3, -0.25) is 4.79 Å². The zero-order valence-electron chi connectivity index (χ0n) is 11.0. The van der Waals surface area contributed by atoms with Crippen molar-refractivity contribution in [2.24, 2.45) is 0 Å². The van der Waals surface area contributed by atoms with Crippen molar-refractivity contribution in [1.82, 2.24) is 4.90 Å². The van der Waals surface area contributed by atoms with Crippen LogP contribution in [0.15, 0.2) is 54.6 Å². The first-order valence-corrected chi connectivity index (χ1v) is 6.55. The third kappa shape index (κ3) is 3.15. The molecule has 98 valence electrons. The number of amides is 1. The summed E-state index contributed by atoms with van der Waals surface area (Å²) in [7, 11) is 1.81. The second kappa shape index (κ2) is 5.89. The molecule has 0 aliphatic carbocycles. The highest BCUT2D eigenvalue weighted by molar-refractivity contribution is 6.30. The monoisotopic (exact) mass is 273 g/mol. The van der Waals surface area contributed by atoms with Crippen molar-refractivity contribution in [2.45, 2.75) is 13.0 Å². The van der Waals surface area contributed by atoms with Crippen molar-refractivity contribution >= 4 is 17.5 Å².